The van der Waals surface area contributed by atoms with Gasteiger partial charge in [-0.3, -0.25) is 9.88 Å². The Balaban J connectivity index is 1.98. The van der Waals surface area contributed by atoms with E-state index in [2.05, 4.69) is 4.98 Å². The van der Waals surface area contributed by atoms with Crippen LogP contribution in [0.15, 0.2) is 18.5 Å². The molecule has 132 valence electrons. The topological polar surface area (TPSA) is 62.7 Å². The average molecular weight is 336 g/mol. The monoisotopic (exact) mass is 336 g/mol. The molecule has 2 fully saturated rings. The molecule has 6 heteroatoms. The second-order valence-electron chi connectivity index (χ2n) is 8.22. The standard InChI is InChI=1S/C18H25FN2O3/c1-16(2,3)24-15(23)21-17(4)6-8-18(21,9-7-17)14(22)12-5-10-20-11-13(12)19/h5,10-11,14,22H,6-9H2,1-4H3/t14-,17?,18?/m0/s1. The minimum atomic E-state index is -1.10. The first-order chi connectivity index (χ1) is 11.1. The second kappa shape index (κ2) is 5.41. The van der Waals surface area contributed by atoms with Crippen LogP contribution in [-0.2, 0) is 4.74 Å². The van der Waals surface area contributed by atoms with Gasteiger partial charge in [0.25, 0.3) is 0 Å². The van der Waals surface area contributed by atoms with Crippen molar-refractivity contribution in [1.82, 2.24) is 9.88 Å². The van der Waals surface area contributed by atoms with E-state index in [1.165, 1.54) is 12.3 Å². The predicted octanol–water partition coefficient (Wildman–Crippen LogP) is 3.58. The number of nitrogens with zero attached hydrogens (tertiary/aromatic N) is 2. The molecule has 24 heavy (non-hydrogen) atoms. The summed E-state index contributed by atoms with van der Waals surface area (Å²) in [6.07, 6.45) is 3.82. The number of pyridine rings is 1. The van der Waals surface area contributed by atoms with Crippen molar-refractivity contribution in [3.05, 3.63) is 29.8 Å². The van der Waals surface area contributed by atoms with E-state index in [0.29, 0.717) is 12.8 Å². The van der Waals surface area contributed by atoms with Crippen LogP contribution in [0.3, 0.4) is 0 Å². The van der Waals surface area contributed by atoms with Crippen molar-refractivity contribution < 1.29 is 19.0 Å². The summed E-state index contributed by atoms with van der Waals surface area (Å²) in [7, 11) is 0. The Morgan fingerprint density at radius 2 is 2.00 bits per heavy atom. The number of halogens is 1. The highest BCUT2D eigenvalue weighted by atomic mass is 19.1. The molecular formula is C18H25FN2O3. The van der Waals surface area contributed by atoms with Crippen LogP contribution in [0.2, 0.25) is 0 Å². The van der Waals surface area contributed by atoms with Crippen molar-refractivity contribution in [3.8, 4) is 0 Å². The van der Waals surface area contributed by atoms with Gasteiger partial charge in [0.15, 0.2) is 0 Å². The molecule has 3 rings (SSSR count). The fourth-order valence-electron chi connectivity index (χ4n) is 4.21. The molecule has 3 heterocycles. The largest absolute Gasteiger partial charge is 0.444 e. The summed E-state index contributed by atoms with van der Waals surface area (Å²) >= 11 is 0. The third-order valence-electron chi connectivity index (χ3n) is 5.36. The van der Waals surface area contributed by atoms with Crippen molar-refractivity contribution in [3.63, 3.8) is 0 Å². The number of carbonyl (C=O) groups is 1. The van der Waals surface area contributed by atoms with Gasteiger partial charge in [0.2, 0.25) is 0 Å². The molecule has 1 aromatic rings. The van der Waals surface area contributed by atoms with Crippen LogP contribution in [0.25, 0.3) is 0 Å². The lowest BCUT2D eigenvalue weighted by Gasteiger charge is -2.41. The summed E-state index contributed by atoms with van der Waals surface area (Å²) in [5, 5.41) is 11.0. The van der Waals surface area contributed by atoms with Crippen molar-refractivity contribution in [2.75, 3.05) is 0 Å². The summed E-state index contributed by atoms with van der Waals surface area (Å²) in [4.78, 5) is 18.3. The molecule has 0 saturated carbocycles. The number of aromatic nitrogens is 1. The van der Waals surface area contributed by atoms with Gasteiger partial charge in [-0.2, -0.15) is 0 Å². The molecule has 0 aliphatic carbocycles. The Labute approximate surface area is 141 Å². The third kappa shape index (κ3) is 2.57. The van der Waals surface area contributed by atoms with Crippen molar-refractivity contribution in [2.45, 2.75) is 76.2 Å². The van der Waals surface area contributed by atoms with Gasteiger partial charge < -0.3 is 9.84 Å². The van der Waals surface area contributed by atoms with E-state index in [1.807, 2.05) is 27.7 Å². The van der Waals surface area contributed by atoms with E-state index < -0.39 is 29.2 Å². The first kappa shape index (κ1) is 17.1. The lowest BCUT2D eigenvalue weighted by Crippen LogP contribution is -2.54. The molecule has 0 spiro atoms. The van der Waals surface area contributed by atoms with E-state index in [0.717, 1.165) is 19.0 Å². The SMILES string of the molecule is CC(C)(C)OC(=O)N1C2(C)CCC1([C@@H](O)c1ccncc1F)CC2. The molecule has 2 bridgehead atoms. The van der Waals surface area contributed by atoms with Gasteiger partial charge in [-0.05, 0) is 59.4 Å². The summed E-state index contributed by atoms with van der Waals surface area (Å²) < 4.78 is 19.7. The molecular weight excluding hydrogens is 311 g/mol. The van der Waals surface area contributed by atoms with Crippen molar-refractivity contribution in [2.24, 2.45) is 0 Å². The summed E-state index contributed by atoms with van der Waals surface area (Å²) in [5.41, 5.74) is -1.61. The molecule has 2 aliphatic heterocycles. The van der Waals surface area contributed by atoms with Gasteiger partial charge in [-0.1, -0.05) is 0 Å². The molecule has 5 nitrogen and oxygen atoms in total. The Bertz CT molecular complexity index is 648. The Hall–Kier alpha value is -1.69. The number of carbonyl (C=O) groups excluding carboxylic acids is 1. The zero-order valence-corrected chi connectivity index (χ0v) is 14.7. The predicted molar refractivity (Wildman–Crippen MR) is 86.8 cm³/mol. The number of hydrogen-bond acceptors (Lipinski definition) is 4. The number of rotatable bonds is 2. The lowest BCUT2D eigenvalue weighted by atomic mass is 9.78. The quantitative estimate of drug-likeness (QED) is 0.897. The van der Waals surface area contributed by atoms with Crippen LogP contribution >= 0.6 is 0 Å². The number of fused-ring (bicyclic) bond motifs is 2. The smallest absolute Gasteiger partial charge is 0.411 e. The second-order valence-corrected chi connectivity index (χ2v) is 8.22. The lowest BCUT2D eigenvalue weighted by molar-refractivity contribution is -0.0372. The molecule has 0 unspecified atom stereocenters. The van der Waals surface area contributed by atoms with E-state index in [1.54, 1.807) is 4.90 Å². The molecule has 1 N–H and O–H groups in total. The van der Waals surface area contributed by atoms with Gasteiger partial charge >= 0.3 is 6.09 Å². The van der Waals surface area contributed by atoms with Gasteiger partial charge in [0.1, 0.15) is 17.5 Å². The van der Waals surface area contributed by atoms with Gasteiger partial charge in [0.05, 0.1) is 11.7 Å². The van der Waals surface area contributed by atoms with Gasteiger partial charge in [-0.25, -0.2) is 9.18 Å². The normalized spacial score (nSPS) is 30.5. The summed E-state index contributed by atoms with van der Waals surface area (Å²) in [6.45, 7) is 7.46. The maximum atomic E-state index is 14.2. The Morgan fingerprint density at radius 1 is 1.38 bits per heavy atom. The van der Waals surface area contributed by atoms with Gasteiger partial charge in [0, 0.05) is 17.3 Å². The highest BCUT2D eigenvalue weighted by Crippen LogP contribution is 2.58. The number of amides is 1. The number of aliphatic hydroxyl groups excluding tert-OH is 1. The third-order valence-corrected chi connectivity index (χ3v) is 5.36. The Morgan fingerprint density at radius 3 is 2.54 bits per heavy atom. The fourth-order valence-corrected chi connectivity index (χ4v) is 4.21. The average Bonchev–Trinajstić information content (AvgIpc) is 2.94. The minimum absolute atomic E-state index is 0.185. The van der Waals surface area contributed by atoms with Gasteiger partial charge in [-0.15, -0.1) is 0 Å². The summed E-state index contributed by atoms with van der Waals surface area (Å²) in [5.74, 6) is -0.552. The van der Waals surface area contributed by atoms with E-state index in [9.17, 15) is 14.3 Å². The summed E-state index contributed by atoms with van der Waals surface area (Å²) in [6, 6.07) is 1.48. The van der Waals surface area contributed by atoms with Crippen molar-refractivity contribution in [1.29, 1.82) is 0 Å². The van der Waals surface area contributed by atoms with E-state index >= 15 is 0 Å². The highest BCUT2D eigenvalue weighted by molar-refractivity contribution is 5.72. The van der Waals surface area contributed by atoms with E-state index in [-0.39, 0.29) is 11.1 Å². The van der Waals surface area contributed by atoms with Crippen LogP contribution in [0.4, 0.5) is 9.18 Å². The molecule has 0 radical (unpaired) electrons. The zero-order chi connectivity index (χ0) is 17.8. The maximum absolute atomic E-state index is 14.2. The van der Waals surface area contributed by atoms with Crippen LogP contribution < -0.4 is 0 Å². The highest BCUT2D eigenvalue weighted by Gasteiger charge is 2.64. The van der Waals surface area contributed by atoms with E-state index in [4.69, 9.17) is 4.74 Å². The molecule has 0 aromatic carbocycles. The number of aliphatic hydroxyl groups is 1. The van der Waals surface area contributed by atoms with Crippen LogP contribution in [0.1, 0.15) is 65.0 Å². The molecule has 2 saturated heterocycles. The van der Waals surface area contributed by atoms with Crippen LogP contribution in [0.5, 0.6) is 0 Å². The first-order valence-electron chi connectivity index (χ1n) is 8.40. The molecule has 2 aliphatic rings. The minimum Gasteiger partial charge on any atom is -0.444 e. The molecule has 1 atom stereocenters. The maximum Gasteiger partial charge on any atom is 0.411 e. The number of ether oxygens (including phenoxy) is 1. The van der Waals surface area contributed by atoms with Crippen molar-refractivity contribution >= 4 is 6.09 Å². The first-order valence-corrected chi connectivity index (χ1v) is 8.40. The Kier molecular flexibility index (Phi) is 3.86. The van der Waals surface area contributed by atoms with Crippen LogP contribution in [0, 0.1) is 5.82 Å². The number of hydrogen-bond donors (Lipinski definition) is 1. The molecule has 1 amide bonds. The van der Waals surface area contributed by atoms with Crippen LogP contribution in [-0.4, -0.2) is 37.8 Å². The fraction of sp³-hybridized carbons (Fsp3) is 0.667. The zero-order valence-electron chi connectivity index (χ0n) is 14.7. The molecule has 1 aromatic heterocycles.